The molecular weight excluding hydrogens is 797 g/mol. The maximum atomic E-state index is 13.5. The standard InChI is InChI=1S/C48H52N2O8S2/c1-53-39-21-29-12-16-35(33-23-37(51)41(59-7)18-14-31(33)43(29)47(57-5)45(39)55-3)49-25-27-10-9-11-28(20-27)26-50-36-17-13-30-22-40(54-2)46(56-4)48(58-6)44(30)32-15-19-42(60-8)38(52)24-34(32)36/h9-11,14-15,18-24,35-36,49-50H,12-13,16-17,25-26H2,1-8H3/t35-,36-/m0/s1. The van der Waals surface area contributed by atoms with Crippen LogP contribution in [0.5, 0.6) is 34.5 Å². The average Bonchev–Trinajstić information content (AvgIpc) is 3.67. The number of hydrogen-bond donors (Lipinski definition) is 2. The number of hydrogen-bond acceptors (Lipinski definition) is 12. The maximum Gasteiger partial charge on any atom is 0.203 e. The summed E-state index contributed by atoms with van der Waals surface area (Å²) < 4.78 is 35.0. The van der Waals surface area contributed by atoms with Crippen LogP contribution in [0.2, 0.25) is 0 Å². The summed E-state index contributed by atoms with van der Waals surface area (Å²) in [5, 5.41) is 7.64. The Labute approximate surface area is 360 Å². The van der Waals surface area contributed by atoms with Crippen molar-refractivity contribution >= 4 is 23.5 Å². The fraction of sp³-hybridized carbons (Fsp3) is 0.333. The van der Waals surface area contributed by atoms with Crippen LogP contribution in [0.25, 0.3) is 22.3 Å². The molecule has 10 nitrogen and oxygen atoms in total. The summed E-state index contributed by atoms with van der Waals surface area (Å²) in [7, 11) is 9.74. The van der Waals surface area contributed by atoms with Crippen molar-refractivity contribution in [3.63, 3.8) is 0 Å². The molecule has 0 saturated heterocycles. The molecule has 12 heteroatoms. The van der Waals surface area contributed by atoms with Crippen molar-refractivity contribution < 1.29 is 28.4 Å². The summed E-state index contributed by atoms with van der Waals surface area (Å²) in [4.78, 5) is 28.4. The van der Waals surface area contributed by atoms with Gasteiger partial charge in [0.05, 0.1) is 52.4 Å². The molecule has 2 N–H and O–H groups in total. The van der Waals surface area contributed by atoms with Gasteiger partial charge in [-0.05, 0) is 119 Å². The third-order valence-corrected chi connectivity index (χ3v) is 13.1. The van der Waals surface area contributed by atoms with Gasteiger partial charge in [-0.2, -0.15) is 0 Å². The monoisotopic (exact) mass is 848 g/mol. The van der Waals surface area contributed by atoms with E-state index in [4.69, 9.17) is 28.4 Å². The normalized spacial score (nSPS) is 15.3. The van der Waals surface area contributed by atoms with Gasteiger partial charge in [0.1, 0.15) is 0 Å². The van der Waals surface area contributed by atoms with Crippen LogP contribution >= 0.6 is 23.5 Å². The van der Waals surface area contributed by atoms with E-state index in [0.29, 0.717) is 57.4 Å². The Morgan fingerprint density at radius 1 is 0.533 bits per heavy atom. The first-order valence-corrected chi connectivity index (χ1v) is 22.3. The largest absolute Gasteiger partial charge is 0.493 e. The number of methoxy groups -OCH3 is 6. The molecule has 7 rings (SSSR count). The molecule has 2 aliphatic carbocycles. The van der Waals surface area contributed by atoms with Gasteiger partial charge in [-0.15, -0.1) is 23.5 Å². The second kappa shape index (κ2) is 19.1. The van der Waals surface area contributed by atoms with E-state index in [1.807, 2.05) is 48.9 Å². The van der Waals surface area contributed by atoms with Crippen LogP contribution in [0.4, 0.5) is 0 Å². The molecule has 0 aromatic heterocycles. The van der Waals surface area contributed by atoms with Crippen LogP contribution in [0.15, 0.2) is 92.2 Å². The summed E-state index contributed by atoms with van der Waals surface area (Å²) in [6.45, 7) is 1.16. The lowest BCUT2D eigenvalue weighted by Crippen LogP contribution is -2.23. The Kier molecular flexibility index (Phi) is 13.6. The summed E-state index contributed by atoms with van der Waals surface area (Å²) in [5.41, 5.74) is 9.81. The fourth-order valence-corrected chi connectivity index (χ4v) is 9.62. The first-order valence-electron chi connectivity index (χ1n) is 19.9. The molecule has 0 aliphatic heterocycles. The van der Waals surface area contributed by atoms with Crippen LogP contribution < -0.4 is 49.9 Å². The molecular formula is C48H52N2O8S2. The topological polar surface area (TPSA) is 114 Å². The average molecular weight is 849 g/mol. The minimum Gasteiger partial charge on any atom is -0.493 e. The highest BCUT2D eigenvalue weighted by Crippen LogP contribution is 2.52. The quantitative estimate of drug-likeness (QED) is 0.104. The van der Waals surface area contributed by atoms with Crippen molar-refractivity contribution in [3.8, 4) is 56.8 Å². The molecule has 60 heavy (non-hydrogen) atoms. The maximum absolute atomic E-state index is 13.5. The van der Waals surface area contributed by atoms with Crippen molar-refractivity contribution in [2.75, 3.05) is 55.2 Å². The van der Waals surface area contributed by atoms with E-state index in [2.05, 4.69) is 34.9 Å². The molecule has 0 spiro atoms. The molecule has 0 radical (unpaired) electrons. The summed E-state index contributed by atoms with van der Waals surface area (Å²) in [6.07, 6.45) is 6.81. The second-order valence-corrected chi connectivity index (χ2v) is 16.4. The van der Waals surface area contributed by atoms with E-state index in [0.717, 1.165) is 81.3 Å². The SMILES string of the molecule is COc1cc2c(c(OC)c1OC)-c1ccc(SC)c(=O)cc1[C@@H](NCc1cccc(CN[C@H]3CCc4cc(OC)c(OC)c(OC)c4-c4ccc(SC)c(=O)cc43)c1)CC2. The number of aryl methyl sites for hydroxylation is 2. The molecule has 5 aromatic rings. The van der Waals surface area contributed by atoms with E-state index < -0.39 is 0 Å². The zero-order valence-corrected chi connectivity index (χ0v) is 37.0. The number of rotatable bonds is 14. The van der Waals surface area contributed by atoms with Gasteiger partial charge in [-0.25, -0.2) is 0 Å². The Hall–Kier alpha value is -5.14. The predicted octanol–water partition coefficient (Wildman–Crippen LogP) is 8.79. The molecule has 0 fully saturated rings. The Balaban J connectivity index is 1.18. The van der Waals surface area contributed by atoms with Crippen molar-refractivity contribution in [1.82, 2.24) is 10.6 Å². The minimum atomic E-state index is -0.128. The number of benzene rings is 3. The van der Waals surface area contributed by atoms with Gasteiger partial charge in [0.25, 0.3) is 0 Å². The van der Waals surface area contributed by atoms with Crippen LogP contribution in [-0.4, -0.2) is 55.2 Å². The van der Waals surface area contributed by atoms with Crippen molar-refractivity contribution in [1.29, 1.82) is 0 Å². The Morgan fingerprint density at radius 2 is 0.950 bits per heavy atom. The molecule has 2 atom stereocenters. The minimum absolute atomic E-state index is 0.0196. The van der Waals surface area contributed by atoms with Crippen LogP contribution in [0.3, 0.4) is 0 Å². The lowest BCUT2D eigenvalue weighted by Gasteiger charge is -2.21. The van der Waals surface area contributed by atoms with Gasteiger partial charge in [0.2, 0.25) is 11.5 Å². The zero-order valence-electron chi connectivity index (χ0n) is 35.4. The smallest absolute Gasteiger partial charge is 0.203 e. The molecule has 2 aliphatic rings. The van der Waals surface area contributed by atoms with E-state index in [1.54, 1.807) is 54.8 Å². The van der Waals surface area contributed by atoms with Crippen molar-refractivity contribution in [2.45, 2.75) is 60.6 Å². The van der Waals surface area contributed by atoms with Gasteiger partial charge in [0, 0.05) is 36.3 Å². The first-order chi connectivity index (χ1) is 29.2. The molecule has 0 heterocycles. The molecule has 0 unspecified atom stereocenters. The van der Waals surface area contributed by atoms with Gasteiger partial charge in [-0.1, -0.05) is 36.4 Å². The van der Waals surface area contributed by atoms with Crippen LogP contribution in [-0.2, 0) is 25.9 Å². The molecule has 314 valence electrons. The number of ether oxygens (including phenoxy) is 6. The summed E-state index contributed by atoms with van der Waals surface area (Å²) in [5.74, 6) is 3.41. The van der Waals surface area contributed by atoms with Gasteiger partial charge < -0.3 is 39.1 Å². The molecule has 0 amide bonds. The number of fused-ring (bicyclic) bond motifs is 6. The van der Waals surface area contributed by atoms with Gasteiger partial charge >= 0.3 is 0 Å². The molecule has 5 aromatic carbocycles. The van der Waals surface area contributed by atoms with E-state index >= 15 is 0 Å². The first kappa shape index (κ1) is 43.0. The summed E-state index contributed by atoms with van der Waals surface area (Å²) in [6, 6.07) is 23.8. The summed E-state index contributed by atoms with van der Waals surface area (Å²) >= 11 is 2.88. The van der Waals surface area contributed by atoms with E-state index in [1.165, 1.54) is 23.5 Å². The highest BCUT2D eigenvalue weighted by Gasteiger charge is 2.31. The third kappa shape index (κ3) is 8.30. The van der Waals surface area contributed by atoms with Crippen molar-refractivity contribution in [2.24, 2.45) is 0 Å². The van der Waals surface area contributed by atoms with Crippen LogP contribution in [0.1, 0.15) is 58.3 Å². The molecule has 0 saturated carbocycles. The number of thioether (sulfide) groups is 2. The highest BCUT2D eigenvalue weighted by atomic mass is 32.2. The Morgan fingerprint density at radius 3 is 1.32 bits per heavy atom. The van der Waals surface area contributed by atoms with Crippen LogP contribution in [0, 0.1) is 0 Å². The van der Waals surface area contributed by atoms with E-state index in [-0.39, 0.29) is 22.9 Å². The highest BCUT2D eigenvalue weighted by molar-refractivity contribution is 7.98. The zero-order chi connectivity index (χ0) is 42.5. The number of nitrogens with one attached hydrogen (secondary N) is 2. The second-order valence-electron chi connectivity index (χ2n) is 14.7. The van der Waals surface area contributed by atoms with Crippen molar-refractivity contribution in [3.05, 3.63) is 127 Å². The van der Waals surface area contributed by atoms with E-state index in [9.17, 15) is 9.59 Å². The molecule has 0 bridgehead atoms. The Bertz CT molecular complexity index is 2360. The predicted molar refractivity (Wildman–Crippen MR) is 241 cm³/mol. The third-order valence-electron chi connectivity index (χ3n) is 11.5. The lowest BCUT2D eigenvalue weighted by molar-refractivity contribution is 0.324. The van der Waals surface area contributed by atoms with Gasteiger partial charge in [0.15, 0.2) is 33.9 Å². The van der Waals surface area contributed by atoms with Gasteiger partial charge in [-0.3, -0.25) is 9.59 Å². The fourth-order valence-electron chi connectivity index (χ4n) is 8.69. The lowest BCUT2D eigenvalue weighted by atomic mass is 9.95.